The summed E-state index contributed by atoms with van der Waals surface area (Å²) in [5.41, 5.74) is 5.16. The van der Waals surface area contributed by atoms with Gasteiger partial charge in [-0.2, -0.15) is 0 Å². The van der Waals surface area contributed by atoms with E-state index in [9.17, 15) is 4.79 Å². The van der Waals surface area contributed by atoms with Crippen molar-refractivity contribution >= 4 is 14.2 Å². The Labute approximate surface area is 71.0 Å². The molecule has 5 N–H and O–H groups in total. The molecule has 0 spiro atoms. The van der Waals surface area contributed by atoms with Crippen LogP contribution in [0.15, 0.2) is 0 Å². The van der Waals surface area contributed by atoms with Crippen molar-refractivity contribution in [2.45, 2.75) is 19.9 Å². The number of carboxylic acid groups (broad SMARTS) is 1. The van der Waals surface area contributed by atoms with Crippen molar-refractivity contribution in [2.24, 2.45) is 11.7 Å². The van der Waals surface area contributed by atoms with Gasteiger partial charge in [0.05, 0.1) is 0 Å². The lowest BCUT2D eigenvalue weighted by Gasteiger charge is -2.07. The first kappa shape index (κ1) is 14.0. The first-order chi connectivity index (χ1) is 5.29. The van der Waals surface area contributed by atoms with Crippen LogP contribution in [0.1, 0.15) is 13.8 Å². The second kappa shape index (κ2) is 7.12. The lowest BCUT2D eigenvalue weighted by atomic mass is 10.1. The molecule has 0 aliphatic heterocycles. The molecule has 72 valence electrons. The molecule has 0 saturated heterocycles. The SMILES string of the molecule is CC(C)C(N)C(=O)O.O=[P+](O)O. The van der Waals surface area contributed by atoms with Crippen molar-refractivity contribution in [3.8, 4) is 0 Å². The van der Waals surface area contributed by atoms with Gasteiger partial charge in [0, 0.05) is 4.57 Å². The zero-order valence-corrected chi connectivity index (χ0v) is 7.73. The highest BCUT2D eigenvalue weighted by Crippen LogP contribution is 1.98. The van der Waals surface area contributed by atoms with Gasteiger partial charge >= 0.3 is 14.2 Å². The summed E-state index contributed by atoms with van der Waals surface area (Å²) in [7, 11) is -2.87. The molecule has 0 radical (unpaired) electrons. The highest BCUT2D eigenvalue weighted by molar-refractivity contribution is 7.30. The third kappa shape index (κ3) is 12.2. The van der Waals surface area contributed by atoms with Crippen LogP contribution < -0.4 is 5.73 Å². The molecule has 0 heterocycles. The van der Waals surface area contributed by atoms with Crippen molar-refractivity contribution in [3.63, 3.8) is 0 Å². The van der Waals surface area contributed by atoms with Gasteiger partial charge in [0.2, 0.25) is 0 Å². The zero-order valence-electron chi connectivity index (χ0n) is 6.84. The molecule has 12 heavy (non-hydrogen) atoms. The minimum Gasteiger partial charge on any atom is -0.480 e. The molecule has 1 atom stereocenters. The smallest absolute Gasteiger partial charge is 0.480 e. The van der Waals surface area contributed by atoms with Crippen LogP contribution in [0.5, 0.6) is 0 Å². The quantitative estimate of drug-likeness (QED) is 0.451. The summed E-state index contributed by atoms with van der Waals surface area (Å²) in [6, 6.07) is -0.713. The fraction of sp³-hybridized carbons (Fsp3) is 0.800. The maximum absolute atomic E-state index is 10.0. The summed E-state index contributed by atoms with van der Waals surface area (Å²) >= 11 is 0. The van der Waals surface area contributed by atoms with Crippen molar-refractivity contribution in [2.75, 3.05) is 0 Å². The maximum Gasteiger partial charge on any atom is 0.692 e. The molecule has 6 nitrogen and oxygen atoms in total. The summed E-state index contributed by atoms with van der Waals surface area (Å²) in [6.07, 6.45) is 0. The van der Waals surface area contributed by atoms with Gasteiger partial charge in [-0.3, -0.25) is 4.79 Å². The van der Waals surface area contributed by atoms with Crippen LogP contribution in [0, 0.1) is 5.92 Å². The molecule has 0 aromatic heterocycles. The number of nitrogens with two attached hydrogens (primary N) is 1. The molecule has 0 saturated carbocycles. The third-order valence-electron chi connectivity index (χ3n) is 1.00. The Morgan fingerprint density at radius 3 is 1.67 bits per heavy atom. The van der Waals surface area contributed by atoms with Crippen LogP contribution >= 0.6 is 8.25 Å². The van der Waals surface area contributed by atoms with E-state index in [1.165, 1.54) is 0 Å². The van der Waals surface area contributed by atoms with E-state index < -0.39 is 20.3 Å². The molecular formula is C5H13NO5P+. The highest BCUT2D eigenvalue weighted by atomic mass is 31.1. The number of carbonyl (C=O) groups is 1. The number of hydrogen-bond acceptors (Lipinski definition) is 3. The average Bonchev–Trinajstić information content (AvgIpc) is 1.84. The van der Waals surface area contributed by atoms with E-state index in [0.717, 1.165) is 0 Å². The van der Waals surface area contributed by atoms with Crippen molar-refractivity contribution in [1.29, 1.82) is 0 Å². The van der Waals surface area contributed by atoms with Gasteiger partial charge in [-0.05, 0) is 5.92 Å². The molecular weight excluding hydrogens is 185 g/mol. The van der Waals surface area contributed by atoms with Crippen LogP contribution in [-0.4, -0.2) is 26.9 Å². The van der Waals surface area contributed by atoms with Crippen molar-refractivity contribution < 1.29 is 24.3 Å². The zero-order chi connectivity index (χ0) is 10.3. The molecule has 0 rings (SSSR count). The number of aliphatic carboxylic acids is 1. The minimum absolute atomic E-state index is 0.0208. The largest absolute Gasteiger partial charge is 0.692 e. The standard InChI is InChI=1S/C5H11NO2.HO3P/c1-3(2)4(6)5(7)8;1-4(2)3/h3-4H,6H2,1-2H3,(H,7,8);(H-,1,2,3)/p+1. The summed E-state index contributed by atoms with van der Waals surface area (Å²) in [5, 5.41) is 8.23. The number of carboxylic acids is 1. The van der Waals surface area contributed by atoms with Crippen LogP contribution in [0.4, 0.5) is 0 Å². The van der Waals surface area contributed by atoms with Gasteiger partial charge in [0.15, 0.2) is 0 Å². The Hall–Kier alpha value is -0.550. The summed E-state index contributed by atoms with van der Waals surface area (Å²) in [6.45, 7) is 3.55. The van der Waals surface area contributed by atoms with E-state index in [0.29, 0.717) is 0 Å². The summed E-state index contributed by atoms with van der Waals surface area (Å²) in [5.74, 6) is -0.910. The molecule has 0 aliphatic rings. The Balaban J connectivity index is 0. The molecule has 0 amide bonds. The van der Waals surface area contributed by atoms with Gasteiger partial charge in [0.1, 0.15) is 6.04 Å². The summed E-state index contributed by atoms with van der Waals surface area (Å²) < 4.78 is 8.70. The van der Waals surface area contributed by atoms with Gasteiger partial charge in [0.25, 0.3) is 0 Å². The third-order valence-corrected chi connectivity index (χ3v) is 1.00. The number of rotatable bonds is 2. The van der Waals surface area contributed by atoms with E-state index in [2.05, 4.69) is 0 Å². The van der Waals surface area contributed by atoms with Crippen LogP contribution in [0.25, 0.3) is 0 Å². The highest BCUT2D eigenvalue weighted by Gasteiger charge is 2.14. The average molecular weight is 198 g/mol. The van der Waals surface area contributed by atoms with Crippen molar-refractivity contribution in [3.05, 3.63) is 0 Å². The summed E-state index contributed by atoms with van der Waals surface area (Å²) in [4.78, 5) is 24.3. The number of hydrogen-bond donors (Lipinski definition) is 4. The van der Waals surface area contributed by atoms with E-state index in [4.69, 9.17) is 25.2 Å². The molecule has 0 aliphatic carbocycles. The molecule has 0 bridgehead atoms. The maximum atomic E-state index is 10.0. The van der Waals surface area contributed by atoms with Crippen molar-refractivity contribution in [1.82, 2.24) is 0 Å². The second-order valence-electron chi connectivity index (χ2n) is 2.36. The molecule has 7 heteroatoms. The van der Waals surface area contributed by atoms with E-state index in [-0.39, 0.29) is 5.92 Å². The van der Waals surface area contributed by atoms with Gasteiger partial charge in [-0.15, -0.1) is 9.79 Å². The van der Waals surface area contributed by atoms with Gasteiger partial charge in [-0.25, -0.2) is 0 Å². The Bertz CT molecular complexity index is 156. The first-order valence-electron chi connectivity index (χ1n) is 3.12. The normalized spacial score (nSPS) is 11.5. The van der Waals surface area contributed by atoms with E-state index >= 15 is 0 Å². The minimum atomic E-state index is -2.87. The van der Waals surface area contributed by atoms with E-state index in [1.807, 2.05) is 0 Å². The second-order valence-corrected chi connectivity index (χ2v) is 2.87. The first-order valence-corrected chi connectivity index (χ1v) is 4.29. The molecule has 1 unspecified atom stereocenters. The Morgan fingerprint density at radius 2 is 1.67 bits per heavy atom. The topological polar surface area (TPSA) is 121 Å². The Kier molecular flexibility index (Phi) is 8.31. The van der Waals surface area contributed by atoms with Gasteiger partial charge < -0.3 is 10.8 Å². The van der Waals surface area contributed by atoms with Gasteiger partial charge in [-0.1, -0.05) is 13.8 Å². The molecule has 0 aromatic rings. The predicted molar refractivity (Wildman–Crippen MR) is 42.5 cm³/mol. The fourth-order valence-electron chi connectivity index (χ4n) is 0.285. The van der Waals surface area contributed by atoms with Crippen LogP contribution in [-0.2, 0) is 9.36 Å². The Morgan fingerprint density at radius 1 is 1.42 bits per heavy atom. The lowest BCUT2D eigenvalue weighted by Crippen LogP contribution is -2.34. The monoisotopic (exact) mass is 198 g/mol. The molecule has 0 fully saturated rings. The van der Waals surface area contributed by atoms with Crippen LogP contribution in [0.2, 0.25) is 0 Å². The predicted octanol–water partition coefficient (Wildman–Crippen LogP) is -0.317. The molecule has 0 aromatic carbocycles. The lowest BCUT2D eigenvalue weighted by molar-refractivity contribution is -0.139. The van der Waals surface area contributed by atoms with Crippen LogP contribution in [0.3, 0.4) is 0 Å². The fourth-order valence-corrected chi connectivity index (χ4v) is 0.285. The van der Waals surface area contributed by atoms with E-state index in [1.54, 1.807) is 13.8 Å².